The smallest absolute Gasteiger partial charge is 0.339 e. The van der Waals surface area contributed by atoms with Crippen LogP contribution in [0, 0.1) is 6.92 Å². The molecule has 0 fully saturated rings. The van der Waals surface area contributed by atoms with Gasteiger partial charge in [0, 0.05) is 0 Å². The zero-order chi connectivity index (χ0) is 11.0. The Morgan fingerprint density at radius 2 is 2.27 bits per heavy atom. The van der Waals surface area contributed by atoms with Crippen molar-refractivity contribution in [3.63, 3.8) is 0 Å². The van der Waals surface area contributed by atoms with E-state index in [2.05, 4.69) is 5.10 Å². The zero-order valence-corrected chi connectivity index (χ0v) is 8.14. The number of carbonyl (C=O) groups is 1. The van der Waals surface area contributed by atoms with Gasteiger partial charge in [-0.25, -0.2) is 9.31 Å². The van der Waals surface area contributed by atoms with Crippen molar-refractivity contribution in [2.24, 2.45) is 0 Å². The average molecular weight is 206 g/mol. The van der Waals surface area contributed by atoms with Gasteiger partial charge in [-0.2, -0.15) is 5.10 Å². The molecule has 0 aliphatic heterocycles. The molecule has 0 aliphatic carbocycles. The van der Waals surface area contributed by atoms with E-state index < -0.39 is 5.97 Å². The fourth-order valence-corrected chi connectivity index (χ4v) is 1.62. The van der Waals surface area contributed by atoms with Gasteiger partial charge < -0.3 is 10.2 Å². The summed E-state index contributed by atoms with van der Waals surface area (Å²) in [5, 5.41) is 22.1. The van der Waals surface area contributed by atoms with Crippen LogP contribution in [0.25, 0.3) is 5.52 Å². The second-order valence-corrected chi connectivity index (χ2v) is 3.24. The molecular weight excluding hydrogens is 196 g/mol. The number of aliphatic hydroxyl groups excluding tert-OH is 1. The molecule has 15 heavy (non-hydrogen) atoms. The Kier molecular flexibility index (Phi) is 2.17. The Hall–Kier alpha value is -1.88. The van der Waals surface area contributed by atoms with E-state index in [-0.39, 0.29) is 12.2 Å². The number of aromatic carboxylic acids is 1. The first kappa shape index (κ1) is 9.67. The Morgan fingerprint density at radius 3 is 2.87 bits per heavy atom. The van der Waals surface area contributed by atoms with Crippen LogP contribution in [0.4, 0.5) is 0 Å². The van der Waals surface area contributed by atoms with Crippen molar-refractivity contribution < 1.29 is 15.0 Å². The SMILES string of the molecule is Cc1nn2c(CO)cccc2c1C(=O)O. The topological polar surface area (TPSA) is 74.8 Å². The minimum Gasteiger partial charge on any atom is -0.478 e. The largest absolute Gasteiger partial charge is 0.478 e. The molecule has 2 aromatic heterocycles. The number of aryl methyl sites for hydroxylation is 1. The van der Waals surface area contributed by atoms with Crippen LogP contribution >= 0.6 is 0 Å². The van der Waals surface area contributed by atoms with Crippen molar-refractivity contribution in [2.45, 2.75) is 13.5 Å². The predicted molar refractivity (Wildman–Crippen MR) is 52.8 cm³/mol. The van der Waals surface area contributed by atoms with Gasteiger partial charge in [-0.1, -0.05) is 6.07 Å². The van der Waals surface area contributed by atoms with Gasteiger partial charge in [0.05, 0.1) is 23.5 Å². The van der Waals surface area contributed by atoms with Gasteiger partial charge in [0.2, 0.25) is 0 Å². The molecule has 2 heterocycles. The molecule has 0 radical (unpaired) electrons. The van der Waals surface area contributed by atoms with Gasteiger partial charge in [-0.15, -0.1) is 0 Å². The van der Waals surface area contributed by atoms with Gasteiger partial charge in [-0.3, -0.25) is 0 Å². The van der Waals surface area contributed by atoms with Crippen LogP contribution in [0.3, 0.4) is 0 Å². The molecule has 2 rings (SSSR count). The minimum absolute atomic E-state index is 0.169. The van der Waals surface area contributed by atoms with Gasteiger partial charge in [0.25, 0.3) is 0 Å². The highest BCUT2D eigenvalue weighted by Gasteiger charge is 2.16. The fraction of sp³-hybridized carbons (Fsp3) is 0.200. The summed E-state index contributed by atoms with van der Waals surface area (Å²) in [7, 11) is 0. The maximum atomic E-state index is 11.0. The van der Waals surface area contributed by atoms with Crippen LogP contribution in [0.2, 0.25) is 0 Å². The molecule has 0 spiro atoms. The summed E-state index contributed by atoms with van der Waals surface area (Å²) in [6, 6.07) is 5.07. The molecule has 5 nitrogen and oxygen atoms in total. The third-order valence-electron chi connectivity index (χ3n) is 2.29. The number of fused-ring (bicyclic) bond motifs is 1. The second-order valence-electron chi connectivity index (χ2n) is 3.24. The first-order chi connectivity index (χ1) is 7.15. The summed E-state index contributed by atoms with van der Waals surface area (Å²) < 4.78 is 1.46. The molecule has 0 bridgehead atoms. The van der Waals surface area contributed by atoms with Crippen molar-refractivity contribution in [2.75, 3.05) is 0 Å². The number of aliphatic hydroxyl groups is 1. The summed E-state index contributed by atoms with van der Waals surface area (Å²) in [6.07, 6.45) is 0. The van der Waals surface area contributed by atoms with Crippen LogP contribution in [-0.4, -0.2) is 25.8 Å². The van der Waals surface area contributed by atoms with E-state index in [1.165, 1.54) is 4.52 Å². The number of nitrogens with zero attached hydrogens (tertiary/aromatic N) is 2. The molecule has 2 N–H and O–H groups in total. The lowest BCUT2D eigenvalue weighted by molar-refractivity contribution is 0.0698. The summed E-state index contributed by atoms with van der Waals surface area (Å²) in [6.45, 7) is 1.47. The molecule has 0 aromatic carbocycles. The van der Waals surface area contributed by atoms with Crippen LogP contribution < -0.4 is 0 Å². The van der Waals surface area contributed by atoms with Crippen LogP contribution in [-0.2, 0) is 6.61 Å². The number of hydrogen-bond acceptors (Lipinski definition) is 3. The Morgan fingerprint density at radius 1 is 1.53 bits per heavy atom. The molecule has 2 aromatic rings. The maximum absolute atomic E-state index is 11.0. The van der Waals surface area contributed by atoms with E-state index in [0.29, 0.717) is 16.9 Å². The van der Waals surface area contributed by atoms with E-state index >= 15 is 0 Å². The summed E-state index contributed by atoms with van der Waals surface area (Å²) in [5.41, 5.74) is 1.71. The number of carboxylic acids is 1. The van der Waals surface area contributed by atoms with Crippen LogP contribution in [0.15, 0.2) is 18.2 Å². The van der Waals surface area contributed by atoms with Crippen molar-refractivity contribution in [1.29, 1.82) is 0 Å². The van der Waals surface area contributed by atoms with Gasteiger partial charge >= 0.3 is 5.97 Å². The van der Waals surface area contributed by atoms with Gasteiger partial charge in [0.1, 0.15) is 5.56 Å². The van der Waals surface area contributed by atoms with E-state index in [1.807, 2.05) is 0 Å². The molecule has 5 heteroatoms. The molecular formula is C10H10N2O3. The van der Waals surface area contributed by atoms with Crippen LogP contribution in [0.5, 0.6) is 0 Å². The van der Waals surface area contributed by atoms with Crippen molar-refractivity contribution in [3.8, 4) is 0 Å². The van der Waals surface area contributed by atoms with Crippen LogP contribution in [0.1, 0.15) is 21.7 Å². The lowest BCUT2D eigenvalue weighted by Crippen LogP contribution is -1.99. The summed E-state index contributed by atoms with van der Waals surface area (Å²) >= 11 is 0. The number of pyridine rings is 1. The Bertz CT molecular complexity index is 531. The Balaban J connectivity index is 2.84. The molecule has 0 unspecified atom stereocenters. The average Bonchev–Trinajstić information content (AvgIpc) is 2.53. The van der Waals surface area contributed by atoms with E-state index in [9.17, 15) is 4.79 Å². The van der Waals surface area contributed by atoms with E-state index in [1.54, 1.807) is 25.1 Å². The third-order valence-corrected chi connectivity index (χ3v) is 2.29. The Labute approximate surface area is 85.6 Å². The highest BCUT2D eigenvalue weighted by Crippen LogP contribution is 2.16. The standard InChI is InChI=1S/C10H10N2O3/c1-6-9(10(14)15)8-4-2-3-7(5-13)12(8)11-6/h2-4,13H,5H2,1H3,(H,14,15). The monoisotopic (exact) mass is 206 g/mol. The molecule has 0 saturated heterocycles. The lowest BCUT2D eigenvalue weighted by atomic mass is 10.2. The minimum atomic E-state index is -1.00. The molecule has 0 atom stereocenters. The van der Waals surface area contributed by atoms with Gasteiger partial charge in [0.15, 0.2) is 0 Å². The fourth-order valence-electron chi connectivity index (χ4n) is 1.62. The number of hydrogen-bond donors (Lipinski definition) is 2. The number of rotatable bonds is 2. The van der Waals surface area contributed by atoms with Crippen molar-refractivity contribution >= 4 is 11.5 Å². The summed E-state index contributed by atoms with van der Waals surface area (Å²) in [4.78, 5) is 11.0. The highest BCUT2D eigenvalue weighted by molar-refractivity contribution is 5.96. The molecule has 78 valence electrons. The van der Waals surface area contributed by atoms with Crippen molar-refractivity contribution in [3.05, 3.63) is 35.2 Å². The van der Waals surface area contributed by atoms with E-state index in [0.717, 1.165) is 0 Å². The normalized spacial score (nSPS) is 10.8. The second kappa shape index (κ2) is 3.36. The molecule has 0 amide bonds. The third kappa shape index (κ3) is 1.37. The molecule has 0 aliphatic rings. The quantitative estimate of drug-likeness (QED) is 0.763. The predicted octanol–water partition coefficient (Wildman–Crippen LogP) is 0.833. The maximum Gasteiger partial charge on any atom is 0.339 e. The van der Waals surface area contributed by atoms with Gasteiger partial charge in [-0.05, 0) is 19.1 Å². The first-order valence-electron chi connectivity index (χ1n) is 4.46. The summed E-state index contributed by atoms with van der Waals surface area (Å²) in [5.74, 6) is -1.00. The lowest BCUT2D eigenvalue weighted by Gasteiger charge is -2.00. The number of aromatic nitrogens is 2. The first-order valence-corrected chi connectivity index (χ1v) is 4.46. The van der Waals surface area contributed by atoms with Crippen molar-refractivity contribution in [1.82, 2.24) is 9.61 Å². The highest BCUT2D eigenvalue weighted by atomic mass is 16.4. The zero-order valence-electron chi connectivity index (χ0n) is 8.14. The number of carboxylic acid groups (broad SMARTS) is 1. The van der Waals surface area contributed by atoms with E-state index in [4.69, 9.17) is 10.2 Å². The molecule has 0 saturated carbocycles.